The van der Waals surface area contributed by atoms with Crippen LogP contribution < -0.4 is 5.73 Å². The van der Waals surface area contributed by atoms with Crippen molar-refractivity contribution >= 4 is 5.97 Å². The largest absolute Gasteiger partial charge is 0.468 e. The normalized spacial score (nSPS) is 28.6. The maximum Gasteiger partial charge on any atom is 0.326 e. The van der Waals surface area contributed by atoms with Gasteiger partial charge in [0.25, 0.3) is 0 Å². The molecule has 0 radical (unpaired) electrons. The lowest BCUT2D eigenvalue weighted by Crippen LogP contribution is -2.35. The molecule has 2 atom stereocenters. The van der Waals surface area contributed by atoms with E-state index in [1.54, 1.807) is 12.1 Å². The monoisotopic (exact) mass is 209 g/mol. The summed E-state index contributed by atoms with van der Waals surface area (Å²) in [5, 5.41) is 0. The molecule has 2 N–H and O–H groups in total. The summed E-state index contributed by atoms with van der Waals surface area (Å²) in [7, 11) is 1.32. The van der Waals surface area contributed by atoms with Gasteiger partial charge < -0.3 is 10.5 Å². The first-order chi connectivity index (χ1) is 7.08. The van der Waals surface area contributed by atoms with Crippen molar-refractivity contribution < 1.29 is 13.9 Å². The first-order valence-electron chi connectivity index (χ1n) is 4.70. The van der Waals surface area contributed by atoms with E-state index in [1.807, 2.05) is 0 Å². The van der Waals surface area contributed by atoms with E-state index in [1.165, 1.54) is 19.2 Å². The minimum absolute atomic E-state index is 0.0504. The summed E-state index contributed by atoms with van der Waals surface area (Å²) in [6.45, 7) is 0. The fourth-order valence-corrected chi connectivity index (χ4v) is 1.80. The summed E-state index contributed by atoms with van der Waals surface area (Å²) >= 11 is 0. The minimum Gasteiger partial charge on any atom is -0.468 e. The molecule has 0 unspecified atom stereocenters. The molecule has 1 aromatic rings. The standard InChI is InChI=1S/C11H12FNO2/c1-15-10(14)11(13)6-9(11)7-2-4-8(12)5-3-7/h2-5,9H,6,13H2,1H3/t9-,11-/m1/s1. The van der Waals surface area contributed by atoms with Crippen molar-refractivity contribution in [3.63, 3.8) is 0 Å². The van der Waals surface area contributed by atoms with E-state index in [2.05, 4.69) is 4.74 Å². The van der Waals surface area contributed by atoms with Gasteiger partial charge in [-0.25, -0.2) is 4.39 Å². The molecule has 0 aliphatic heterocycles. The van der Waals surface area contributed by atoms with E-state index in [9.17, 15) is 9.18 Å². The number of benzene rings is 1. The second-order valence-electron chi connectivity index (χ2n) is 3.84. The van der Waals surface area contributed by atoms with Crippen molar-refractivity contribution in [2.75, 3.05) is 7.11 Å². The highest BCUT2D eigenvalue weighted by Gasteiger charge is 2.58. The van der Waals surface area contributed by atoms with Crippen LogP contribution >= 0.6 is 0 Å². The lowest BCUT2D eigenvalue weighted by Gasteiger charge is -2.08. The van der Waals surface area contributed by atoms with Gasteiger partial charge >= 0.3 is 5.97 Å². The Hall–Kier alpha value is -1.42. The van der Waals surface area contributed by atoms with Crippen LogP contribution in [0.1, 0.15) is 17.9 Å². The van der Waals surface area contributed by atoms with Crippen LogP contribution in [0.15, 0.2) is 24.3 Å². The summed E-state index contributed by atoms with van der Waals surface area (Å²) in [6.07, 6.45) is 0.561. The number of rotatable bonds is 2. The van der Waals surface area contributed by atoms with Gasteiger partial charge in [0.1, 0.15) is 11.4 Å². The molecule has 0 saturated heterocycles. The number of hydrogen-bond acceptors (Lipinski definition) is 3. The van der Waals surface area contributed by atoms with Gasteiger partial charge in [-0.15, -0.1) is 0 Å². The number of methoxy groups -OCH3 is 1. The van der Waals surface area contributed by atoms with E-state index in [-0.39, 0.29) is 11.7 Å². The molecule has 15 heavy (non-hydrogen) atoms. The van der Waals surface area contributed by atoms with Gasteiger partial charge in [-0.3, -0.25) is 4.79 Å². The van der Waals surface area contributed by atoms with Crippen LogP contribution in [0, 0.1) is 5.82 Å². The number of halogens is 1. The molecule has 1 saturated carbocycles. The molecule has 2 rings (SSSR count). The molecule has 0 bridgehead atoms. The second-order valence-corrected chi connectivity index (χ2v) is 3.84. The Bertz CT molecular complexity index is 390. The zero-order chi connectivity index (χ0) is 11.1. The molecule has 4 heteroatoms. The third-order valence-electron chi connectivity index (χ3n) is 2.84. The van der Waals surface area contributed by atoms with Gasteiger partial charge in [0, 0.05) is 5.92 Å². The highest BCUT2D eigenvalue weighted by molar-refractivity contribution is 5.86. The average molecular weight is 209 g/mol. The Morgan fingerprint density at radius 1 is 1.53 bits per heavy atom. The van der Waals surface area contributed by atoms with E-state index in [0.29, 0.717) is 6.42 Å². The molecule has 0 amide bonds. The zero-order valence-electron chi connectivity index (χ0n) is 8.37. The molecule has 3 nitrogen and oxygen atoms in total. The van der Waals surface area contributed by atoms with E-state index >= 15 is 0 Å². The molecule has 1 aromatic carbocycles. The van der Waals surface area contributed by atoms with Gasteiger partial charge in [-0.05, 0) is 24.1 Å². The highest BCUT2D eigenvalue weighted by Crippen LogP contribution is 2.50. The number of ether oxygens (including phenoxy) is 1. The van der Waals surface area contributed by atoms with Crippen LogP contribution in [0.2, 0.25) is 0 Å². The number of carbonyl (C=O) groups is 1. The summed E-state index contributed by atoms with van der Waals surface area (Å²) in [4.78, 5) is 11.3. The summed E-state index contributed by atoms with van der Waals surface area (Å²) in [5.41, 5.74) is 5.82. The van der Waals surface area contributed by atoms with Crippen molar-refractivity contribution in [2.24, 2.45) is 5.73 Å². The Morgan fingerprint density at radius 2 is 2.13 bits per heavy atom. The molecular weight excluding hydrogens is 197 g/mol. The number of carbonyl (C=O) groups excluding carboxylic acids is 1. The molecule has 1 aliphatic carbocycles. The average Bonchev–Trinajstić information content (AvgIpc) is 2.92. The van der Waals surface area contributed by atoms with Crippen molar-refractivity contribution in [1.29, 1.82) is 0 Å². The fourth-order valence-electron chi connectivity index (χ4n) is 1.80. The maximum atomic E-state index is 12.7. The Labute approximate surface area is 87.0 Å². The van der Waals surface area contributed by atoms with Gasteiger partial charge in [-0.1, -0.05) is 12.1 Å². The van der Waals surface area contributed by atoms with Crippen LogP contribution in [0.5, 0.6) is 0 Å². The molecule has 1 fully saturated rings. The summed E-state index contributed by atoms with van der Waals surface area (Å²) < 4.78 is 17.3. The van der Waals surface area contributed by atoms with Crippen molar-refractivity contribution in [2.45, 2.75) is 17.9 Å². The zero-order valence-corrected chi connectivity index (χ0v) is 8.37. The van der Waals surface area contributed by atoms with E-state index in [4.69, 9.17) is 5.73 Å². The second kappa shape index (κ2) is 3.31. The lowest BCUT2D eigenvalue weighted by molar-refractivity contribution is -0.143. The van der Waals surface area contributed by atoms with Gasteiger partial charge in [-0.2, -0.15) is 0 Å². The highest BCUT2D eigenvalue weighted by atomic mass is 19.1. The summed E-state index contributed by atoms with van der Waals surface area (Å²) in [6, 6.07) is 6.03. The topological polar surface area (TPSA) is 52.3 Å². The van der Waals surface area contributed by atoms with Crippen LogP contribution in [0.3, 0.4) is 0 Å². The predicted octanol–water partition coefficient (Wildman–Crippen LogP) is 1.18. The van der Waals surface area contributed by atoms with E-state index in [0.717, 1.165) is 5.56 Å². The van der Waals surface area contributed by atoms with Gasteiger partial charge in [0.15, 0.2) is 0 Å². The maximum absolute atomic E-state index is 12.7. The van der Waals surface area contributed by atoms with Gasteiger partial charge in [0.05, 0.1) is 7.11 Å². The Balaban J connectivity index is 2.16. The molecule has 0 aromatic heterocycles. The smallest absolute Gasteiger partial charge is 0.326 e. The van der Waals surface area contributed by atoms with Crippen LogP contribution in [0.25, 0.3) is 0 Å². The number of hydrogen-bond donors (Lipinski definition) is 1. The van der Waals surface area contributed by atoms with Crippen LogP contribution in [-0.2, 0) is 9.53 Å². The lowest BCUT2D eigenvalue weighted by atomic mass is 10.1. The SMILES string of the molecule is COC(=O)[C@@]1(N)C[C@@H]1c1ccc(F)cc1. The Kier molecular flexibility index (Phi) is 2.23. The fraction of sp³-hybridized carbons (Fsp3) is 0.364. The molecule has 0 heterocycles. The number of esters is 1. The first kappa shape index (κ1) is 10.1. The van der Waals surface area contributed by atoms with Crippen molar-refractivity contribution in [3.8, 4) is 0 Å². The summed E-state index contributed by atoms with van der Waals surface area (Å²) in [5.74, 6) is -0.748. The molecule has 0 spiro atoms. The molecule has 1 aliphatic rings. The predicted molar refractivity (Wildman–Crippen MR) is 52.7 cm³/mol. The molecule has 80 valence electrons. The number of nitrogens with two attached hydrogens (primary N) is 1. The minimum atomic E-state index is -0.910. The van der Waals surface area contributed by atoms with Crippen LogP contribution in [0.4, 0.5) is 4.39 Å². The van der Waals surface area contributed by atoms with Gasteiger partial charge in [0.2, 0.25) is 0 Å². The first-order valence-corrected chi connectivity index (χ1v) is 4.70. The quantitative estimate of drug-likeness (QED) is 0.744. The van der Waals surface area contributed by atoms with Crippen LogP contribution in [-0.4, -0.2) is 18.6 Å². The van der Waals surface area contributed by atoms with Crippen molar-refractivity contribution in [3.05, 3.63) is 35.6 Å². The Morgan fingerprint density at radius 3 is 2.67 bits per heavy atom. The van der Waals surface area contributed by atoms with Crippen molar-refractivity contribution in [1.82, 2.24) is 0 Å². The van der Waals surface area contributed by atoms with E-state index < -0.39 is 11.5 Å². The third kappa shape index (κ3) is 1.61. The third-order valence-corrected chi connectivity index (χ3v) is 2.84. The molecular formula is C11H12FNO2.